The number of amides is 18. The highest BCUT2D eigenvalue weighted by molar-refractivity contribution is 6.05. The summed E-state index contributed by atoms with van der Waals surface area (Å²) in [5.41, 5.74) is 17.8. The molecule has 5 rings (SSSR count). The molecule has 2 aliphatic heterocycles. The predicted molar refractivity (Wildman–Crippen MR) is 484 cm³/mol. The lowest BCUT2D eigenvalue weighted by atomic mass is 9.78. The summed E-state index contributed by atoms with van der Waals surface area (Å²) in [6.45, 7) is 4.91. The van der Waals surface area contributed by atoms with Gasteiger partial charge in [0.05, 0.1) is 62.7 Å². The number of imide groups is 1. The first-order valence-corrected chi connectivity index (χ1v) is 46.4. The fourth-order valence-corrected chi connectivity index (χ4v) is 16.2. The third kappa shape index (κ3) is 37.3. The zero-order valence-electron chi connectivity index (χ0n) is 79.0. The molecule has 18 amide bonds. The number of aliphatic carboxylic acids is 2. The molecule has 1 aromatic rings. The highest BCUT2D eigenvalue weighted by atomic mass is 16.5. The first-order chi connectivity index (χ1) is 66.0. The molecule has 33 N–H and O–H groups in total. The van der Waals surface area contributed by atoms with Crippen molar-refractivity contribution in [3.8, 4) is 5.75 Å². The van der Waals surface area contributed by atoms with Crippen molar-refractivity contribution in [2.45, 2.75) is 310 Å². The Labute approximate surface area is 805 Å². The number of carboxylic acids is 2. The number of nitrogens with one attached hydrogen (secondary N) is 15. The number of aromatic hydroxyl groups is 1. The third-order valence-electron chi connectivity index (χ3n) is 24.0. The fraction of sp³-hybridized carbons (Fsp3) is 0.701. The van der Waals surface area contributed by atoms with Crippen molar-refractivity contribution in [2.75, 3.05) is 52.6 Å². The second-order valence-corrected chi connectivity index (χ2v) is 36.0. The van der Waals surface area contributed by atoms with Crippen LogP contribution in [0.2, 0.25) is 0 Å². The normalized spacial score (nSPS) is 22.8. The number of aliphatic hydroxyl groups is 9. The van der Waals surface area contributed by atoms with E-state index in [4.69, 9.17) is 26.7 Å². The van der Waals surface area contributed by atoms with Gasteiger partial charge in [0.2, 0.25) is 100 Å². The number of ether oxygens (including phenoxy) is 2. The number of rotatable bonds is 58. The van der Waals surface area contributed by atoms with Crippen LogP contribution in [0, 0.1) is 23.7 Å². The van der Waals surface area contributed by atoms with Gasteiger partial charge in [-0.25, -0.2) is 0 Å². The molecule has 2 heterocycles. The predicted octanol–water partition coefficient (Wildman–Crippen LogP) is -12.3. The summed E-state index contributed by atoms with van der Waals surface area (Å²) < 4.78 is 12.8. The number of primary amides is 1. The van der Waals surface area contributed by atoms with Gasteiger partial charge in [-0.15, -0.1) is 0 Å². The minimum atomic E-state index is -2.13. The van der Waals surface area contributed by atoms with E-state index in [-0.39, 0.29) is 115 Å². The first-order valence-electron chi connectivity index (χ1n) is 46.4. The Morgan fingerprint density at radius 1 is 0.529 bits per heavy atom. The summed E-state index contributed by atoms with van der Waals surface area (Å²) in [5.74, 6) is -26.2. The molecule has 2 saturated carbocycles. The minimum Gasteiger partial charge on any atom is -0.508 e. The summed E-state index contributed by atoms with van der Waals surface area (Å²) in [6.07, 6.45) is -20.0. The molecule has 0 radical (unpaired) electrons. The van der Waals surface area contributed by atoms with Gasteiger partial charge < -0.3 is 167 Å². The van der Waals surface area contributed by atoms with Gasteiger partial charge in [-0.3, -0.25) is 101 Å². The maximum absolute atomic E-state index is 15.4. The molecule has 2 aliphatic carbocycles. The fourth-order valence-electron chi connectivity index (χ4n) is 16.2. The summed E-state index contributed by atoms with van der Waals surface area (Å²) in [4.78, 5) is 274. The van der Waals surface area contributed by atoms with Crippen LogP contribution in [0.15, 0.2) is 24.3 Å². The molecular weight excluding hydrogens is 1860 g/mol. The van der Waals surface area contributed by atoms with Crippen LogP contribution in [-0.4, -0.2) is 377 Å². The van der Waals surface area contributed by atoms with Gasteiger partial charge in [-0.1, -0.05) is 39.8 Å². The number of hydrogen-bond acceptors (Lipinski definition) is 34. The number of carbonyl (C=O) groups excluding carboxylic acids is 18. The van der Waals surface area contributed by atoms with Crippen molar-refractivity contribution in [3.05, 3.63) is 29.8 Å². The van der Waals surface area contributed by atoms with Crippen LogP contribution in [0.1, 0.15) is 170 Å². The van der Waals surface area contributed by atoms with Gasteiger partial charge in [0.1, 0.15) is 109 Å². The number of benzene rings is 1. The summed E-state index contributed by atoms with van der Waals surface area (Å²) in [7, 11) is 0. The van der Waals surface area contributed by atoms with Crippen molar-refractivity contribution in [3.63, 3.8) is 0 Å². The quantitative estimate of drug-likeness (QED) is 0.0269. The van der Waals surface area contributed by atoms with Gasteiger partial charge >= 0.3 is 11.9 Å². The molecule has 0 spiro atoms. The van der Waals surface area contributed by atoms with Gasteiger partial charge in [0, 0.05) is 64.2 Å². The Kier molecular flexibility index (Phi) is 49.4. The molecule has 4 fully saturated rings. The standard InChI is InChI=1S/C87H139N19O34/c1-39(2)29-58(113)84(135)103-66(40(3)4)85(136)100-54(30-44-16-18-47(112)19-17-44)87(138)106-28-12-15-57(106)83(134)98-48(13-8-10-26-88)76(127)96-49(14-9-11-27-89)79(130)104-67(42(6)139-59-31-46(36-108)70(122)73(68(59)93-43(7)111)140-60-32-45(35-107)69(121)72(124)71(60)123)86(137)92-41(5)74(125)99-53(33-61(90)114)81(132)101-55(37-109)75(126)91-34-63(116)95-51(21-24-64(117)118)77(128)97-52(22-25-65(119)120)78(129)102-56(38-110)82(133)105-80(131)50-20-23-62(115)94-50/h16-19,39-42,45-46,48-60,66-73,107-110,112-113,121-124H,8-15,20-38,88-89H2,1-7H3,(H2,90,114)(H,91,126)(H,92,137)(H,93,111)(H,94,115)(H,95,116)(H,96,127)(H,97,128)(H,98,134)(H,99,125)(H,100,136)(H,101,132)(H,102,129)(H,103,135)(H,104,130)(H,117,118)(H,119,120)(H,105,131,133)/t41-,42-,45-,46?,48-,49-,50-,51-,52-,53?,54-,55-,56-,57-,58-,59?,60+,66-,67-,68?,69+,70?,71+,72+,73?/m0/s1. The van der Waals surface area contributed by atoms with Crippen LogP contribution in [0.3, 0.4) is 0 Å². The number of phenolic OH excluding ortho intramolecular Hbond substituents is 1. The molecule has 2 saturated heterocycles. The Hall–Kier alpha value is -11.9. The smallest absolute Gasteiger partial charge is 0.303 e. The van der Waals surface area contributed by atoms with Crippen molar-refractivity contribution in [1.29, 1.82) is 0 Å². The Morgan fingerprint density at radius 3 is 1.55 bits per heavy atom. The van der Waals surface area contributed by atoms with E-state index in [0.717, 1.165) is 13.8 Å². The Bertz CT molecular complexity index is 4420. The van der Waals surface area contributed by atoms with Crippen LogP contribution in [-0.2, 0) is 112 Å². The molecule has 25 atom stereocenters. The number of unbranched alkanes of at least 4 members (excludes halogenated alkanes) is 2. The summed E-state index contributed by atoms with van der Waals surface area (Å²) in [5, 5.41) is 161. The zero-order chi connectivity index (χ0) is 105. The monoisotopic (exact) mass is 1990 g/mol. The molecule has 0 bridgehead atoms. The van der Waals surface area contributed by atoms with Crippen molar-refractivity contribution >= 4 is 118 Å². The van der Waals surface area contributed by atoms with E-state index < -0.39 is 347 Å². The average molecular weight is 2000 g/mol. The van der Waals surface area contributed by atoms with E-state index in [2.05, 4.69) is 58.5 Å². The molecular formula is C87H139N19O34. The minimum absolute atomic E-state index is 0.00351. The number of nitrogens with two attached hydrogens (primary N) is 3. The van der Waals surface area contributed by atoms with Crippen LogP contribution >= 0.6 is 0 Å². The number of aliphatic hydroxyl groups excluding tert-OH is 9. The highest BCUT2D eigenvalue weighted by Crippen LogP contribution is 2.36. The number of carbonyl (C=O) groups is 20. The van der Waals surface area contributed by atoms with Gasteiger partial charge in [0.15, 0.2) is 0 Å². The molecule has 53 heteroatoms. The Balaban J connectivity index is 1.45. The molecule has 140 heavy (non-hydrogen) atoms. The lowest BCUT2D eigenvalue weighted by Gasteiger charge is -2.48. The van der Waals surface area contributed by atoms with E-state index >= 15 is 19.2 Å². The van der Waals surface area contributed by atoms with E-state index in [0.29, 0.717) is 5.56 Å². The molecule has 6 unspecified atom stereocenters. The van der Waals surface area contributed by atoms with Crippen LogP contribution < -0.4 is 97.0 Å². The van der Waals surface area contributed by atoms with Crippen LogP contribution in [0.25, 0.3) is 0 Å². The van der Waals surface area contributed by atoms with Crippen molar-refractivity contribution < 1.29 is 167 Å². The maximum atomic E-state index is 15.4. The van der Waals surface area contributed by atoms with Crippen LogP contribution in [0.5, 0.6) is 5.75 Å². The Morgan fingerprint density at radius 2 is 1.03 bits per heavy atom. The van der Waals surface area contributed by atoms with Crippen molar-refractivity contribution in [2.24, 2.45) is 40.9 Å². The number of phenols is 1. The lowest BCUT2D eigenvalue weighted by molar-refractivity contribution is -0.228. The largest absolute Gasteiger partial charge is 0.508 e. The molecule has 1 aromatic carbocycles. The summed E-state index contributed by atoms with van der Waals surface area (Å²) >= 11 is 0. The van der Waals surface area contributed by atoms with E-state index in [1.54, 1.807) is 27.7 Å². The zero-order valence-corrected chi connectivity index (χ0v) is 79.0. The van der Waals surface area contributed by atoms with Crippen LogP contribution in [0.4, 0.5) is 0 Å². The lowest BCUT2D eigenvalue weighted by Crippen LogP contribution is -2.66. The SMILES string of the molecule is CC(=O)NC1C(O[C@@H](C)[C@H](NC(=O)[C@H](CCCCN)NC(=O)[C@H](CCCCN)NC(=O)[C@@H]2CCCN2C(=O)[C@H](Cc2ccc(O)cc2)NC(=O)[C@@H](NC(=O)[C@@H](O)CC(C)C)C(C)C)C(=O)N[C@@H](C)C(=O)NC(CC(N)=O)C(=O)N[C@@H](CO)C(=O)NCC(=O)N[C@@H](CCC(=O)O)C(=O)N[C@@H](CCC(=O)O)C(=O)N[C@@H](CO)C(=O)NC(=O)[C@@H]2CCC(=O)N2)CC(CO)C(O)C1O[C@@H]1C[C@@H](CO)[C@@H](O)[C@@H](O)[C@@H]1O. The van der Waals surface area contributed by atoms with E-state index in [1.807, 2.05) is 21.3 Å². The number of likely N-dealkylation sites (tertiary alicyclic amines) is 1. The van der Waals surface area contributed by atoms with Gasteiger partial charge in [-0.2, -0.15) is 0 Å². The third-order valence-corrected chi connectivity index (χ3v) is 24.0. The van der Waals surface area contributed by atoms with Crippen molar-refractivity contribution in [1.82, 2.24) is 84.7 Å². The number of nitrogens with zero attached hydrogens (tertiary/aromatic N) is 1. The maximum Gasteiger partial charge on any atom is 0.303 e. The topological polar surface area (TPSA) is 864 Å². The molecule has 0 aromatic heterocycles. The van der Waals surface area contributed by atoms with E-state index in [1.165, 1.54) is 36.1 Å². The first kappa shape index (κ1) is 119. The van der Waals surface area contributed by atoms with Gasteiger partial charge in [-0.05, 0) is 146 Å². The second-order valence-electron chi connectivity index (χ2n) is 36.0. The van der Waals surface area contributed by atoms with Gasteiger partial charge in [0.25, 0.3) is 5.91 Å². The number of carboxylic acid groups (broad SMARTS) is 2. The second kappa shape index (κ2) is 58.4. The van der Waals surface area contributed by atoms with E-state index in [9.17, 15) is 138 Å². The average Bonchev–Trinajstić information content (AvgIpc) is 0.860. The number of hydrogen-bond donors (Lipinski definition) is 30. The highest BCUT2D eigenvalue weighted by Gasteiger charge is 2.52. The molecule has 4 aliphatic rings. The molecule has 53 nitrogen and oxygen atoms in total. The summed E-state index contributed by atoms with van der Waals surface area (Å²) in [6, 6.07) is -18.3. The molecule has 786 valence electrons.